The van der Waals surface area contributed by atoms with Crippen LogP contribution >= 0.6 is 11.6 Å². The summed E-state index contributed by atoms with van der Waals surface area (Å²) in [6.07, 6.45) is 0. The number of nitrogens with zero attached hydrogens (tertiary/aromatic N) is 1. The molecule has 0 fully saturated rings. The number of hydrogen-bond donors (Lipinski definition) is 1. The van der Waals surface area contributed by atoms with Gasteiger partial charge in [-0.15, -0.1) is 0 Å². The molecule has 148 valence electrons. The average Bonchev–Trinajstić information content (AvgIpc) is 3.28. The number of hydrogen-bond acceptors (Lipinski definition) is 2. The Balaban J connectivity index is 1.66. The molecule has 0 aliphatic rings. The van der Waals surface area contributed by atoms with Crippen molar-refractivity contribution in [2.24, 2.45) is 0 Å². The molecule has 2 aromatic heterocycles. The van der Waals surface area contributed by atoms with Crippen molar-refractivity contribution < 1.29 is 17.6 Å². The molecule has 3 nitrogen and oxygen atoms in total. The minimum atomic E-state index is -3.02. The fourth-order valence-corrected chi connectivity index (χ4v) is 3.46. The first-order chi connectivity index (χ1) is 13.7. The number of alkyl halides is 2. The second-order valence-electron chi connectivity index (χ2n) is 6.81. The van der Waals surface area contributed by atoms with Gasteiger partial charge in [-0.2, -0.15) is 0 Å². The lowest BCUT2D eigenvalue weighted by atomic mass is 10.1. The van der Waals surface area contributed by atoms with Gasteiger partial charge >= 0.3 is 0 Å². The van der Waals surface area contributed by atoms with Crippen molar-refractivity contribution in [1.82, 2.24) is 9.97 Å². The Morgan fingerprint density at radius 2 is 1.62 bits per heavy atom. The Labute approximate surface area is 170 Å². The van der Waals surface area contributed by atoms with Crippen LogP contribution in [0.25, 0.3) is 34.2 Å². The van der Waals surface area contributed by atoms with Gasteiger partial charge in [0.25, 0.3) is 5.92 Å². The van der Waals surface area contributed by atoms with Crippen LogP contribution in [0.1, 0.15) is 18.2 Å². The first-order valence-corrected chi connectivity index (χ1v) is 9.21. The zero-order chi connectivity index (χ0) is 20.8. The highest BCUT2D eigenvalue weighted by molar-refractivity contribution is 6.31. The number of aromatic nitrogens is 2. The molecular weight excluding hydrogens is 401 g/mol. The van der Waals surface area contributed by atoms with E-state index in [0.29, 0.717) is 28.6 Å². The van der Waals surface area contributed by atoms with Crippen LogP contribution in [-0.4, -0.2) is 9.97 Å². The summed E-state index contributed by atoms with van der Waals surface area (Å²) in [6.45, 7) is 2.67. The molecule has 0 bridgehead atoms. The van der Waals surface area contributed by atoms with Crippen LogP contribution in [0.2, 0.25) is 5.02 Å². The van der Waals surface area contributed by atoms with Crippen molar-refractivity contribution in [3.05, 3.63) is 76.7 Å². The Kier molecular flexibility index (Phi) is 4.74. The first kappa shape index (κ1) is 19.3. The zero-order valence-electron chi connectivity index (χ0n) is 15.6. The number of aryl methyl sites for hydroxylation is 1. The molecule has 2 aromatic carbocycles. The van der Waals surface area contributed by atoms with Gasteiger partial charge in [-0.1, -0.05) is 23.7 Å². The SMILES string of the molecule is Cc1[nH]c(-c2ccc(-c3ccc(C(C)(F)F)c(Cl)c3)o2)nc1-c1ccc(F)cc1. The molecule has 0 aliphatic carbocycles. The quantitative estimate of drug-likeness (QED) is 0.381. The molecular formula is C22H16ClF3N2O. The summed E-state index contributed by atoms with van der Waals surface area (Å²) in [6, 6.07) is 13.8. The minimum Gasteiger partial charge on any atom is -0.453 e. The fourth-order valence-electron chi connectivity index (χ4n) is 3.11. The smallest absolute Gasteiger partial charge is 0.271 e. The van der Waals surface area contributed by atoms with Gasteiger partial charge in [0.1, 0.15) is 11.6 Å². The van der Waals surface area contributed by atoms with Crippen molar-refractivity contribution in [1.29, 1.82) is 0 Å². The molecule has 0 saturated heterocycles. The summed E-state index contributed by atoms with van der Waals surface area (Å²) in [5.74, 6) is -1.87. The van der Waals surface area contributed by atoms with Gasteiger partial charge in [0.2, 0.25) is 0 Å². The number of halogens is 4. The molecule has 0 aliphatic heterocycles. The highest BCUT2D eigenvalue weighted by atomic mass is 35.5. The largest absolute Gasteiger partial charge is 0.453 e. The second kappa shape index (κ2) is 7.12. The highest BCUT2D eigenvalue weighted by Gasteiger charge is 2.27. The van der Waals surface area contributed by atoms with Crippen molar-refractivity contribution >= 4 is 11.6 Å². The van der Waals surface area contributed by atoms with E-state index in [9.17, 15) is 13.2 Å². The summed E-state index contributed by atoms with van der Waals surface area (Å²) < 4.78 is 46.1. The summed E-state index contributed by atoms with van der Waals surface area (Å²) in [5.41, 5.74) is 2.62. The van der Waals surface area contributed by atoms with Crippen LogP contribution in [0.3, 0.4) is 0 Å². The standard InChI is InChI=1S/C22H16ClF3N2O/c1-12-20(13-3-6-15(24)7-4-13)28-21(27-12)19-10-9-18(29-19)14-5-8-16(17(23)11-14)22(2,25)26/h3-11H,1-2H3,(H,27,28). The van der Waals surface area contributed by atoms with Gasteiger partial charge in [-0.05, 0) is 49.4 Å². The minimum absolute atomic E-state index is 0.0274. The fraction of sp³-hybridized carbons (Fsp3) is 0.136. The Morgan fingerprint density at radius 1 is 0.966 bits per heavy atom. The predicted octanol–water partition coefficient (Wildman–Crippen LogP) is 7.22. The van der Waals surface area contributed by atoms with E-state index in [1.54, 1.807) is 30.3 Å². The van der Waals surface area contributed by atoms with Gasteiger partial charge in [0.05, 0.1) is 10.7 Å². The summed E-state index contributed by atoms with van der Waals surface area (Å²) in [7, 11) is 0. The van der Waals surface area contributed by atoms with E-state index in [1.807, 2.05) is 6.92 Å². The number of nitrogens with one attached hydrogen (secondary N) is 1. The number of aromatic amines is 1. The maximum Gasteiger partial charge on any atom is 0.271 e. The number of benzene rings is 2. The summed E-state index contributed by atoms with van der Waals surface area (Å²) in [5, 5.41) is -0.0274. The number of furan rings is 1. The van der Waals surface area contributed by atoms with E-state index in [1.165, 1.54) is 24.3 Å². The number of rotatable bonds is 4. The average molecular weight is 417 g/mol. The molecule has 0 atom stereocenters. The third-order valence-electron chi connectivity index (χ3n) is 4.57. The molecule has 7 heteroatoms. The van der Waals surface area contributed by atoms with Crippen LogP contribution in [-0.2, 0) is 5.92 Å². The van der Waals surface area contributed by atoms with E-state index >= 15 is 0 Å². The van der Waals surface area contributed by atoms with Crippen LogP contribution in [0.4, 0.5) is 13.2 Å². The third-order valence-corrected chi connectivity index (χ3v) is 4.88. The summed E-state index contributed by atoms with van der Waals surface area (Å²) >= 11 is 6.02. The molecule has 2 heterocycles. The van der Waals surface area contributed by atoms with Crippen LogP contribution < -0.4 is 0 Å². The van der Waals surface area contributed by atoms with E-state index in [4.69, 9.17) is 16.0 Å². The molecule has 29 heavy (non-hydrogen) atoms. The Hall–Kier alpha value is -2.99. The van der Waals surface area contributed by atoms with Crippen LogP contribution in [0.5, 0.6) is 0 Å². The van der Waals surface area contributed by atoms with Gasteiger partial charge in [-0.25, -0.2) is 18.2 Å². The van der Waals surface area contributed by atoms with Crippen molar-refractivity contribution in [2.45, 2.75) is 19.8 Å². The maximum absolute atomic E-state index is 13.5. The molecule has 1 N–H and O–H groups in total. The van der Waals surface area contributed by atoms with Crippen molar-refractivity contribution in [2.75, 3.05) is 0 Å². The first-order valence-electron chi connectivity index (χ1n) is 8.83. The predicted molar refractivity (Wildman–Crippen MR) is 106 cm³/mol. The maximum atomic E-state index is 13.5. The monoisotopic (exact) mass is 416 g/mol. The second-order valence-corrected chi connectivity index (χ2v) is 7.22. The third kappa shape index (κ3) is 3.80. The Morgan fingerprint density at radius 3 is 2.28 bits per heavy atom. The van der Waals surface area contributed by atoms with Gasteiger partial charge in [0.15, 0.2) is 11.6 Å². The van der Waals surface area contributed by atoms with Gasteiger partial charge in [-0.3, -0.25) is 0 Å². The van der Waals surface area contributed by atoms with E-state index in [2.05, 4.69) is 9.97 Å². The van der Waals surface area contributed by atoms with E-state index in [-0.39, 0.29) is 16.4 Å². The van der Waals surface area contributed by atoms with E-state index < -0.39 is 5.92 Å². The summed E-state index contributed by atoms with van der Waals surface area (Å²) in [4.78, 5) is 7.71. The van der Waals surface area contributed by atoms with Crippen molar-refractivity contribution in [3.8, 4) is 34.2 Å². The van der Waals surface area contributed by atoms with Crippen LogP contribution in [0.15, 0.2) is 59.0 Å². The number of H-pyrrole nitrogens is 1. The molecule has 0 unspecified atom stereocenters. The number of imidazole rings is 1. The molecule has 4 rings (SSSR count). The van der Waals surface area contributed by atoms with Gasteiger partial charge in [0, 0.05) is 29.3 Å². The van der Waals surface area contributed by atoms with Crippen LogP contribution in [0, 0.1) is 12.7 Å². The Bertz CT molecular complexity index is 1170. The zero-order valence-corrected chi connectivity index (χ0v) is 16.3. The molecule has 0 radical (unpaired) electrons. The molecule has 0 amide bonds. The molecule has 0 spiro atoms. The topological polar surface area (TPSA) is 41.8 Å². The molecule has 4 aromatic rings. The lowest BCUT2D eigenvalue weighted by Gasteiger charge is -2.12. The normalized spacial score (nSPS) is 11.8. The van der Waals surface area contributed by atoms with Gasteiger partial charge < -0.3 is 9.40 Å². The lowest BCUT2D eigenvalue weighted by Crippen LogP contribution is -2.07. The highest BCUT2D eigenvalue weighted by Crippen LogP contribution is 2.36. The lowest BCUT2D eigenvalue weighted by molar-refractivity contribution is 0.0176. The van der Waals surface area contributed by atoms with E-state index in [0.717, 1.165) is 18.2 Å². The van der Waals surface area contributed by atoms with Crippen molar-refractivity contribution in [3.63, 3.8) is 0 Å². The molecule has 0 saturated carbocycles.